The number of ether oxygens (including phenoxy) is 1. The van der Waals surface area contributed by atoms with E-state index in [0.717, 1.165) is 60.0 Å². The van der Waals surface area contributed by atoms with E-state index in [2.05, 4.69) is 26.4 Å². The molecule has 0 amide bonds. The van der Waals surface area contributed by atoms with Gasteiger partial charge in [0.25, 0.3) is 0 Å². The molecule has 0 bridgehead atoms. The molecule has 0 radical (unpaired) electrons. The molecule has 0 spiro atoms. The molecule has 1 aromatic carbocycles. The summed E-state index contributed by atoms with van der Waals surface area (Å²) in [6.45, 7) is 4.66. The maximum Gasteiger partial charge on any atom is 0.183 e. The maximum atomic E-state index is 6.10. The highest BCUT2D eigenvalue weighted by atomic mass is 32.1. The monoisotopic (exact) mass is 468 g/mol. The average molecular weight is 469 g/mol. The summed E-state index contributed by atoms with van der Waals surface area (Å²) in [5.41, 5.74) is 9.43. The molecule has 0 unspecified atom stereocenters. The number of hydrogen-bond acceptors (Lipinski definition) is 7. The van der Waals surface area contributed by atoms with E-state index in [1.54, 1.807) is 17.8 Å². The van der Waals surface area contributed by atoms with Crippen LogP contribution in [0.2, 0.25) is 0 Å². The van der Waals surface area contributed by atoms with Crippen molar-refractivity contribution in [3.8, 4) is 5.75 Å². The van der Waals surface area contributed by atoms with Gasteiger partial charge in [-0.05, 0) is 76.0 Å². The van der Waals surface area contributed by atoms with Gasteiger partial charge in [-0.25, -0.2) is 4.98 Å². The van der Waals surface area contributed by atoms with Crippen molar-refractivity contribution >= 4 is 46.0 Å². The molecule has 1 fully saturated rings. The topological polar surface area (TPSA) is 114 Å². The smallest absolute Gasteiger partial charge is 0.183 e. The number of nitrogens with one attached hydrogen (secondary N) is 4. The lowest BCUT2D eigenvalue weighted by Gasteiger charge is -2.28. The zero-order valence-electron chi connectivity index (χ0n) is 19.3. The van der Waals surface area contributed by atoms with Crippen LogP contribution < -0.4 is 31.7 Å². The number of rotatable bonds is 7. The molecule has 0 saturated heterocycles. The Hall–Kier alpha value is -3.11. The largest absolute Gasteiger partial charge is 0.494 e. The normalized spacial score (nSPS) is 18.1. The second kappa shape index (κ2) is 10.2. The quantitative estimate of drug-likeness (QED) is 0.331. The van der Waals surface area contributed by atoms with Gasteiger partial charge in [0.15, 0.2) is 10.8 Å². The molecule has 1 saturated carbocycles. The first kappa shape index (κ1) is 23.1. The Morgan fingerprint density at radius 2 is 1.94 bits per heavy atom. The van der Waals surface area contributed by atoms with Crippen LogP contribution in [0.5, 0.6) is 5.75 Å². The van der Waals surface area contributed by atoms with Crippen LogP contribution in [0.25, 0.3) is 5.65 Å². The minimum Gasteiger partial charge on any atom is -0.494 e. The fourth-order valence-electron chi connectivity index (χ4n) is 4.03. The van der Waals surface area contributed by atoms with Crippen LogP contribution in [0.1, 0.15) is 38.2 Å². The summed E-state index contributed by atoms with van der Waals surface area (Å²) in [6, 6.07) is 8.52. The predicted molar refractivity (Wildman–Crippen MR) is 138 cm³/mol. The number of nitrogens with two attached hydrogens (primary N) is 1. The third-order valence-corrected chi connectivity index (χ3v) is 6.21. The SMILES string of the molecule is CCOc1ccc(Nc2c(C)c(N[C@H]3CC[C@H](N)CC3)nc3c(NC(=S)NC)cnn23)cc1. The van der Waals surface area contributed by atoms with Crippen LogP contribution in [0.15, 0.2) is 30.5 Å². The first-order chi connectivity index (χ1) is 16.0. The fourth-order valence-corrected chi connectivity index (χ4v) is 4.14. The summed E-state index contributed by atoms with van der Waals surface area (Å²) in [4.78, 5) is 4.92. The van der Waals surface area contributed by atoms with E-state index in [1.165, 1.54) is 0 Å². The van der Waals surface area contributed by atoms with E-state index in [0.29, 0.717) is 29.5 Å². The number of nitrogens with zero attached hydrogens (tertiary/aromatic N) is 3. The minimum atomic E-state index is 0.296. The van der Waals surface area contributed by atoms with Crippen LogP contribution in [-0.2, 0) is 0 Å². The van der Waals surface area contributed by atoms with Crippen LogP contribution >= 0.6 is 12.2 Å². The van der Waals surface area contributed by atoms with Crippen molar-refractivity contribution in [3.63, 3.8) is 0 Å². The van der Waals surface area contributed by atoms with Crippen molar-refractivity contribution in [2.75, 3.05) is 29.6 Å². The van der Waals surface area contributed by atoms with Crippen LogP contribution in [0.4, 0.5) is 23.0 Å². The Morgan fingerprint density at radius 1 is 1.21 bits per heavy atom. The van der Waals surface area contributed by atoms with Gasteiger partial charge in [0.1, 0.15) is 23.1 Å². The van der Waals surface area contributed by atoms with Crippen LogP contribution in [0.3, 0.4) is 0 Å². The lowest BCUT2D eigenvalue weighted by atomic mass is 9.92. The van der Waals surface area contributed by atoms with Crippen molar-refractivity contribution in [3.05, 3.63) is 36.0 Å². The Labute approximate surface area is 199 Å². The molecule has 6 N–H and O–H groups in total. The molecule has 1 aliphatic rings. The van der Waals surface area contributed by atoms with Gasteiger partial charge in [0, 0.05) is 30.4 Å². The molecule has 9 nitrogen and oxygen atoms in total. The van der Waals surface area contributed by atoms with E-state index in [1.807, 2.05) is 38.1 Å². The molecule has 1 aliphatic carbocycles. The number of thiocarbonyl (C=S) groups is 1. The van der Waals surface area contributed by atoms with Gasteiger partial charge in [0.2, 0.25) is 0 Å². The second-order valence-electron chi connectivity index (χ2n) is 8.27. The van der Waals surface area contributed by atoms with Crippen molar-refractivity contribution < 1.29 is 4.74 Å². The van der Waals surface area contributed by atoms with Gasteiger partial charge in [-0.3, -0.25) is 0 Å². The number of fused-ring (bicyclic) bond motifs is 1. The molecule has 10 heteroatoms. The molecule has 33 heavy (non-hydrogen) atoms. The number of anilines is 4. The lowest BCUT2D eigenvalue weighted by Crippen LogP contribution is -2.33. The molecule has 0 atom stereocenters. The Bertz CT molecular complexity index is 1110. The van der Waals surface area contributed by atoms with Gasteiger partial charge in [-0.15, -0.1) is 0 Å². The molecule has 4 rings (SSSR count). The Kier molecular flexibility index (Phi) is 7.14. The summed E-state index contributed by atoms with van der Waals surface area (Å²) >= 11 is 5.30. The minimum absolute atomic E-state index is 0.296. The first-order valence-corrected chi connectivity index (χ1v) is 11.8. The number of benzene rings is 1. The molecule has 176 valence electrons. The lowest BCUT2D eigenvalue weighted by molar-refractivity contribution is 0.340. The van der Waals surface area contributed by atoms with Crippen molar-refractivity contribution in [1.82, 2.24) is 19.9 Å². The third kappa shape index (κ3) is 5.28. The van der Waals surface area contributed by atoms with Gasteiger partial charge >= 0.3 is 0 Å². The van der Waals surface area contributed by atoms with Gasteiger partial charge in [0.05, 0.1) is 12.8 Å². The maximum absolute atomic E-state index is 6.10. The molecular formula is C23H32N8OS. The average Bonchev–Trinajstić information content (AvgIpc) is 3.21. The Morgan fingerprint density at radius 3 is 2.61 bits per heavy atom. The molecule has 2 heterocycles. The summed E-state index contributed by atoms with van der Waals surface area (Å²) < 4.78 is 7.37. The first-order valence-electron chi connectivity index (χ1n) is 11.4. The van der Waals surface area contributed by atoms with E-state index < -0.39 is 0 Å². The van der Waals surface area contributed by atoms with Crippen LogP contribution in [-0.4, -0.2) is 45.4 Å². The van der Waals surface area contributed by atoms with Gasteiger partial charge in [-0.1, -0.05) is 0 Å². The summed E-state index contributed by atoms with van der Waals surface area (Å²) in [5, 5.41) is 18.4. The third-order valence-electron chi connectivity index (χ3n) is 5.90. The van der Waals surface area contributed by atoms with E-state index >= 15 is 0 Å². The molecule has 3 aromatic rings. The molecular weight excluding hydrogens is 436 g/mol. The highest BCUT2D eigenvalue weighted by molar-refractivity contribution is 7.80. The highest BCUT2D eigenvalue weighted by Gasteiger charge is 2.22. The fraction of sp³-hybridized carbons (Fsp3) is 0.435. The van der Waals surface area contributed by atoms with Gasteiger partial charge in [-0.2, -0.15) is 9.61 Å². The highest BCUT2D eigenvalue weighted by Crippen LogP contribution is 2.31. The predicted octanol–water partition coefficient (Wildman–Crippen LogP) is 3.78. The van der Waals surface area contributed by atoms with E-state index in [9.17, 15) is 0 Å². The number of hydrogen-bond donors (Lipinski definition) is 5. The number of aromatic nitrogens is 3. The molecule has 0 aliphatic heterocycles. The zero-order chi connectivity index (χ0) is 23.4. The van der Waals surface area contributed by atoms with E-state index in [-0.39, 0.29) is 0 Å². The standard InChI is InChI=1S/C23H32N8OS/c1-4-32-18-11-9-17(10-12-18)28-21-14(2)20(27-16-7-5-15(24)6-8-16)30-22-19(13-26-31(21)22)29-23(33)25-3/h9-13,15-16,28H,4-8,24H2,1-3H3,(H,27,30)(H2,25,29,33)/t15-,16-. The zero-order valence-corrected chi connectivity index (χ0v) is 20.1. The second-order valence-corrected chi connectivity index (χ2v) is 8.68. The summed E-state index contributed by atoms with van der Waals surface area (Å²) in [6.07, 6.45) is 5.84. The van der Waals surface area contributed by atoms with Gasteiger partial charge < -0.3 is 31.7 Å². The van der Waals surface area contributed by atoms with Crippen molar-refractivity contribution in [2.24, 2.45) is 5.73 Å². The Balaban J connectivity index is 1.71. The van der Waals surface area contributed by atoms with Crippen LogP contribution in [0, 0.1) is 6.92 Å². The van der Waals surface area contributed by atoms with Crippen molar-refractivity contribution in [2.45, 2.75) is 51.6 Å². The summed E-state index contributed by atoms with van der Waals surface area (Å²) in [7, 11) is 1.78. The van der Waals surface area contributed by atoms with E-state index in [4.69, 9.17) is 27.7 Å². The summed E-state index contributed by atoms with van der Waals surface area (Å²) in [5.74, 6) is 2.50. The van der Waals surface area contributed by atoms with Crippen molar-refractivity contribution in [1.29, 1.82) is 0 Å². The molecule has 2 aromatic heterocycles.